The van der Waals surface area contributed by atoms with Crippen LogP contribution in [0.3, 0.4) is 0 Å². The van der Waals surface area contributed by atoms with Gasteiger partial charge in [0.15, 0.2) is 0 Å². The van der Waals surface area contributed by atoms with Gasteiger partial charge in [0.1, 0.15) is 0 Å². The molecule has 0 rings (SSSR count). The van der Waals surface area contributed by atoms with Crippen LogP contribution >= 0.6 is 0 Å². The number of nitrogens with one attached hydrogen (secondary N) is 2. The lowest BCUT2D eigenvalue weighted by molar-refractivity contribution is -0.123. The fourth-order valence-electron chi connectivity index (χ4n) is 1.44. The summed E-state index contributed by atoms with van der Waals surface area (Å²) < 4.78 is 0. The minimum absolute atomic E-state index is 0.00489. The van der Waals surface area contributed by atoms with E-state index in [9.17, 15) is 9.90 Å². The average molecular weight is 230 g/mol. The standard InChI is InChI=1S/C12H26N2O2/c1-5-10(4)13-8-11(16)14-12(6-2,7-3)9-15/h10,13,15H,5-9H2,1-4H3,(H,14,16). The Morgan fingerprint density at radius 3 is 2.25 bits per heavy atom. The van der Waals surface area contributed by atoms with E-state index in [1.807, 2.05) is 20.8 Å². The quantitative estimate of drug-likeness (QED) is 0.584. The highest BCUT2D eigenvalue weighted by Crippen LogP contribution is 2.13. The zero-order chi connectivity index (χ0) is 12.6. The molecule has 0 radical (unpaired) electrons. The molecule has 0 saturated heterocycles. The van der Waals surface area contributed by atoms with Gasteiger partial charge in [-0.2, -0.15) is 0 Å². The summed E-state index contributed by atoms with van der Waals surface area (Å²) in [4.78, 5) is 11.7. The predicted octanol–water partition coefficient (Wildman–Crippen LogP) is 1.04. The van der Waals surface area contributed by atoms with Crippen molar-refractivity contribution in [3.8, 4) is 0 Å². The van der Waals surface area contributed by atoms with Crippen molar-refractivity contribution in [2.45, 2.75) is 58.5 Å². The van der Waals surface area contributed by atoms with Gasteiger partial charge in [0.2, 0.25) is 5.91 Å². The highest BCUT2D eigenvalue weighted by Gasteiger charge is 2.26. The second-order valence-electron chi connectivity index (χ2n) is 4.38. The first-order valence-corrected chi connectivity index (χ1v) is 6.18. The number of carbonyl (C=O) groups is 1. The molecule has 96 valence electrons. The maximum atomic E-state index is 11.7. The minimum Gasteiger partial charge on any atom is -0.394 e. The van der Waals surface area contributed by atoms with Gasteiger partial charge in [-0.1, -0.05) is 20.8 Å². The molecule has 0 aliphatic rings. The van der Waals surface area contributed by atoms with Gasteiger partial charge in [-0.15, -0.1) is 0 Å². The van der Waals surface area contributed by atoms with E-state index in [1.54, 1.807) is 0 Å². The number of hydrogen-bond acceptors (Lipinski definition) is 3. The summed E-state index contributed by atoms with van der Waals surface area (Å²) in [7, 11) is 0. The molecule has 0 spiro atoms. The maximum Gasteiger partial charge on any atom is 0.234 e. The van der Waals surface area contributed by atoms with E-state index < -0.39 is 5.54 Å². The zero-order valence-corrected chi connectivity index (χ0v) is 11.0. The second-order valence-corrected chi connectivity index (χ2v) is 4.38. The zero-order valence-electron chi connectivity index (χ0n) is 11.0. The molecule has 0 saturated carbocycles. The fourth-order valence-corrected chi connectivity index (χ4v) is 1.44. The van der Waals surface area contributed by atoms with Crippen LogP contribution in [-0.4, -0.2) is 35.7 Å². The lowest BCUT2D eigenvalue weighted by Crippen LogP contribution is -2.53. The maximum absolute atomic E-state index is 11.7. The summed E-state index contributed by atoms with van der Waals surface area (Å²) in [5.74, 6) is -0.0435. The normalized spacial score (nSPS) is 13.6. The minimum atomic E-state index is -0.450. The summed E-state index contributed by atoms with van der Waals surface area (Å²) in [5, 5.41) is 15.4. The molecule has 0 aromatic carbocycles. The van der Waals surface area contributed by atoms with Crippen LogP contribution < -0.4 is 10.6 Å². The molecule has 1 unspecified atom stereocenters. The molecule has 0 bridgehead atoms. The van der Waals surface area contributed by atoms with Crippen LogP contribution in [0, 0.1) is 0 Å². The van der Waals surface area contributed by atoms with E-state index in [-0.39, 0.29) is 12.5 Å². The Balaban J connectivity index is 4.10. The predicted molar refractivity (Wildman–Crippen MR) is 66.3 cm³/mol. The van der Waals surface area contributed by atoms with Gasteiger partial charge in [0.25, 0.3) is 0 Å². The number of hydrogen-bond donors (Lipinski definition) is 3. The van der Waals surface area contributed by atoms with Crippen molar-refractivity contribution in [2.75, 3.05) is 13.2 Å². The van der Waals surface area contributed by atoms with E-state index >= 15 is 0 Å². The van der Waals surface area contributed by atoms with Crippen LogP contribution in [0.15, 0.2) is 0 Å². The largest absolute Gasteiger partial charge is 0.394 e. The molecule has 0 aliphatic heterocycles. The van der Waals surface area contributed by atoms with Crippen LogP contribution in [0.1, 0.15) is 47.0 Å². The average Bonchev–Trinajstić information content (AvgIpc) is 2.33. The molecular weight excluding hydrogens is 204 g/mol. The summed E-state index contributed by atoms with van der Waals surface area (Å²) in [5.41, 5.74) is -0.450. The lowest BCUT2D eigenvalue weighted by Gasteiger charge is -2.31. The van der Waals surface area contributed by atoms with Gasteiger partial charge in [0, 0.05) is 6.04 Å². The first-order valence-electron chi connectivity index (χ1n) is 6.18. The molecule has 0 fully saturated rings. The molecular formula is C12H26N2O2. The van der Waals surface area contributed by atoms with Crippen LogP contribution in [-0.2, 0) is 4.79 Å². The van der Waals surface area contributed by atoms with Crippen molar-refractivity contribution in [3.63, 3.8) is 0 Å². The van der Waals surface area contributed by atoms with Crippen LogP contribution in [0.5, 0.6) is 0 Å². The molecule has 1 atom stereocenters. The van der Waals surface area contributed by atoms with Crippen LogP contribution in [0.25, 0.3) is 0 Å². The van der Waals surface area contributed by atoms with Gasteiger partial charge in [0.05, 0.1) is 18.7 Å². The molecule has 1 amide bonds. The van der Waals surface area contributed by atoms with E-state index in [0.717, 1.165) is 19.3 Å². The number of aliphatic hydroxyl groups excluding tert-OH is 1. The highest BCUT2D eigenvalue weighted by atomic mass is 16.3. The first kappa shape index (κ1) is 15.4. The molecule has 0 aromatic rings. The van der Waals surface area contributed by atoms with Crippen molar-refractivity contribution in [1.82, 2.24) is 10.6 Å². The number of rotatable bonds is 8. The SMILES string of the molecule is CCC(C)NCC(=O)NC(CC)(CC)CO. The summed E-state index contributed by atoms with van der Waals surface area (Å²) >= 11 is 0. The van der Waals surface area contributed by atoms with E-state index in [0.29, 0.717) is 12.6 Å². The number of aliphatic hydroxyl groups is 1. The molecule has 16 heavy (non-hydrogen) atoms. The van der Waals surface area contributed by atoms with Crippen molar-refractivity contribution < 1.29 is 9.90 Å². The first-order chi connectivity index (χ1) is 7.53. The van der Waals surface area contributed by atoms with Gasteiger partial charge in [-0.25, -0.2) is 0 Å². The molecule has 4 heteroatoms. The van der Waals surface area contributed by atoms with E-state index in [2.05, 4.69) is 17.6 Å². The molecule has 4 nitrogen and oxygen atoms in total. The topological polar surface area (TPSA) is 61.4 Å². The second kappa shape index (κ2) is 7.63. The Hall–Kier alpha value is -0.610. The molecule has 0 aliphatic carbocycles. The lowest BCUT2D eigenvalue weighted by atomic mass is 9.94. The van der Waals surface area contributed by atoms with Crippen molar-refractivity contribution >= 4 is 5.91 Å². The Bertz CT molecular complexity index is 195. The summed E-state index contributed by atoms with van der Waals surface area (Å²) in [6, 6.07) is 0.345. The number of amides is 1. The van der Waals surface area contributed by atoms with Gasteiger partial charge in [-0.3, -0.25) is 4.79 Å². The smallest absolute Gasteiger partial charge is 0.234 e. The van der Waals surface area contributed by atoms with Crippen molar-refractivity contribution in [1.29, 1.82) is 0 Å². The van der Waals surface area contributed by atoms with Crippen LogP contribution in [0.4, 0.5) is 0 Å². The molecule has 0 heterocycles. The fraction of sp³-hybridized carbons (Fsp3) is 0.917. The Kier molecular flexibility index (Phi) is 7.34. The number of carbonyl (C=O) groups excluding carboxylic acids is 1. The van der Waals surface area contributed by atoms with Crippen LogP contribution in [0.2, 0.25) is 0 Å². The Morgan fingerprint density at radius 1 is 1.31 bits per heavy atom. The third kappa shape index (κ3) is 4.94. The molecule has 3 N–H and O–H groups in total. The highest BCUT2D eigenvalue weighted by molar-refractivity contribution is 5.78. The third-order valence-electron chi connectivity index (χ3n) is 3.28. The summed E-state index contributed by atoms with van der Waals surface area (Å²) in [6.45, 7) is 8.38. The Labute approximate surface area is 98.8 Å². The van der Waals surface area contributed by atoms with Gasteiger partial charge < -0.3 is 15.7 Å². The van der Waals surface area contributed by atoms with Gasteiger partial charge in [-0.05, 0) is 26.2 Å². The Morgan fingerprint density at radius 2 is 1.88 bits per heavy atom. The van der Waals surface area contributed by atoms with E-state index in [4.69, 9.17) is 0 Å². The monoisotopic (exact) mass is 230 g/mol. The van der Waals surface area contributed by atoms with E-state index in [1.165, 1.54) is 0 Å². The molecule has 0 aromatic heterocycles. The van der Waals surface area contributed by atoms with Crippen molar-refractivity contribution in [3.05, 3.63) is 0 Å². The summed E-state index contributed by atoms with van der Waals surface area (Å²) in [6.07, 6.45) is 2.49. The third-order valence-corrected chi connectivity index (χ3v) is 3.28. The van der Waals surface area contributed by atoms with Gasteiger partial charge >= 0.3 is 0 Å². The van der Waals surface area contributed by atoms with Crippen molar-refractivity contribution in [2.24, 2.45) is 0 Å².